The first kappa shape index (κ1) is 14.2. The van der Waals surface area contributed by atoms with Crippen LogP contribution >= 0.6 is 0 Å². The number of hydrogen-bond acceptors (Lipinski definition) is 2. The van der Waals surface area contributed by atoms with Gasteiger partial charge in [0.25, 0.3) is 0 Å². The number of carbonyl (C=O) groups is 2. The molecule has 0 atom stereocenters. The van der Waals surface area contributed by atoms with E-state index in [1.54, 1.807) is 12.1 Å². The molecule has 2 amide bonds. The number of benzene rings is 2. The Balaban J connectivity index is 1.75. The van der Waals surface area contributed by atoms with Crippen molar-refractivity contribution in [1.29, 1.82) is 0 Å². The van der Waals surface area contributed by atoms with Crippen LogP contribution in [-0.2, 0) is 16.0 Å². The molecule has 0 aromatic heterocycles. The van der Waals surface area contributed by atoms with Gasteiger partial charge < -0.3 is 10.2 Å². The van der Waals surface area contributed by atoms with Gasteiger partial charge >= 0.3 is 11.8 Å². The zero-order chi connectivity index (χ0) is 15.7. The van der Waals surface area contributed by atoms with E-state index in [1.165, 1.54) is 11.0 Å². The second kappa shape index (κ2) is 5.55. The van der Waals surface area contributed by atoms with Gasteiger partial charge in [0.2, 0.25) is 0 Å². The molecule has 112 valence electrons. The molecule has 2 aromatic carbocycles. The quantitative estimate of drug-likeness (QED) is 0.823. The summed E-state index contributed by atoms with van der Waals surface area (Å²) in [5.41, 5.74) is 1.73. The summed E-state index contributed by atoms with van der Waals surface area (Å²) >= 11 is 0. The molecule has 0 unspecified atom stereocenters. The molecule has 1 aliphatic rings. The van der Waals surface area contributed by atoms with Crippen LogP contribution in [0.1, 0.15) is 5.56 Å². The number of carbonyl (C=O) groups excluding carboxylic acids is 2. The van der Waals surface area contributed by atoms with Crippen LogP contribution in [0.25, 0.3) is 0 Å². The number of nitrogens with one attached hydrogen (secondary N) is 1. The van der Waals surface area contributed by atoms with Crippen LogP contribution in [-0.4, -0.2) is 18.4 Å². The summed E-state index contributed by atoms with van der Waals surface area (Å²) in [6.07, 6.45) is 0.681. The molecule has 0 bridgehead atoms. The van der Waals surface area contributed by atoms with Crippen molar-refractivity contribution >= 4 is 23.2 Å². The summed E-state index contributed by atoms with van der Waals surface area (Å²) in [5, 5.41) is 2.28. The molecular weight excluding hydrogens is 290 g/mol. The number of fused-ring (bicyclic) bond motifs is 1. The number of anilines is 2. The third-order valence-electron chi connectivity index (χ3n) is 3.50. The molecule has 2 aromatic rings. The highest BCUT2D eigenvalue weighted by molar-refractivity contribution is 6.44. The van der Waals surface area contributed by atoms with Crippen molar-refractivity contribution in [2.24, 2.45) is 0 Å². The Morgan fingerprint density at radius 1 is 1.05 bits per heavy atom. The lowest BCUT2D eigenvalue weighted by molar-refractivity contribution is -0.134. The third-order valence-corrected chi connectivity index (χ3v) is 3.50. The average molecular weight is 302 g/mol. The minimum Gasteiger partial charge on any atom is -0.318 e. The molecule has 0 saturated heterocycles. The molecule has 3 rings (SSSR count). The van der Waals surface area contributed by atoms with E-state index < -0.39 is 23.4 Å². The minimum atomic E-state index is -1.09. The van der Waals surface area contributed by atoms with Crippen LogP contribution in [0.2, 0.25) is 0 Å². The lowest BCUT2D eigenvalue weighted by Crippen LogP contribution is -2.38. The van der Waals surface area contributed by atoms with Gasteiger partial charge in [-0.3, -0.25) is 9.59 Å². The summed E-state index contributed by atoms with van der Waals surface area (Å²) in [4.78, 5) is 25.6. The first-order chi connectivity index (χ1) is 10.6. The van der Waals surface area contributed by atoms with E-state index >= 15 is 0 Å². The van der Waals surface area contributed by atoms with E-state index in [9.17, 15) is 18.4 Å². The van der Waals surface area contributed by atoms with Crippen LogP contribution in [0.3, 0.4) is 0 Å². The van der Waals surface area contributed by atoms with Crippen molar-refractivity contribution in [3.63, 3.8) is 0 Å². The Bertz CT molecular complexity index is 762. The lowest BCUT2D eigenvalue weighted by Gasteiger charge is -2.16. The zero-order valence-electron chi connectivity index (χ0n) is 11.5. The molecule has 0 saturated carbocycles. The minimum absolute atomic E-state index is 0.0322. The molecule has 1 aliphatic heterocycles. The zero-order valence-corrected chi connectivity index (χ0v) is 11.5. The first-order valence-corrected chi connectivity index (χ1v) is 6.72. The van der Waals surface area contributed by atoms with Crippen molar-refractivity contribution in [2.45, 2.75) is 6.42 Å². The second-order valence-electron chi connectivity index (χ2n) is 4.92. The summed E-state index contributed by atoms with van der Waals surface area (Å²) in [6, 6.07) is 10.2. The van der Waals surface area contributed by atoms with E-state index in [-0.39, 0.29) is 5.69 Å². The molecule has 6 heteroatoms. The van der Waals surface area contributed by atoms with Gasteiger partial charge in [-0.2, -0.15) is 0 Å². The van der Waals surface area contributed by atoms with E-state index in [4.69, 9.17) is 0 Å². The van der Waals surface area contributed by atoms with Crippen molar-refractivity contribution < 1.29 is 18.4 Å². The number of amides is 2. The molecule has 0 radical (unpaired) electrons. The predicted octanol–water partition coefficient (Wildman–Crippen LogP) is 2.49. The van der Waals surface area contributed by atoms with Gasteiger partial charge in [-0.25, -0.2) is 8.78 Å². The number of para-hydroxylation sites is 1. The normalized spacial score (nSPS) is 12.9. The summed E-state index contributed by atoms with van der Waals surface area (Å²) < 4.78 is 25.9. The first-order valence-electron chi connectivity index (χ1n) is 6.72. The maximum absolute atomic E-state index is 13.1. The van der Waals surface area contributed by atoms with Crippen molar-refractivity contribution in [3.8, 4) is 0 Å². The Labute approximate surface area is 125 Å². The number of hydrogen-bond donors (Lipinski definition) is 1. The second-order valence-corrected chi connectivity index (χ2v) is 4.92. The third kappa shape index (κ3) is 2.55. The number of halogens is 2. The molecule has 0 aliphatic carbocycles. The van der Waals surface area contributed by atoms with Gasteiger partial charge in [0.15, 0.2) is 11.6 Å². The molecule has 4 nitrogen and oxygen atoms in total. The maximum atomic E-state index is 13.1. The fourth-order valence-corrected chi connectivity index (χ4v) is 2.43. The van der Waals surface area contributed by atoms with Crippen molar-refractivity contribution in [3.05, 3.63) is 59.7 Å². The molecule has 1 heterocycles. The van der Waals surface area contributed by atoms with Crippen LogP contribution < -0.4 is 10.2 Å². The predicted molar refractivity (Wildman–Crippen MR) is 77.5 cm³/mol. The monoisotopic (exact) mass is 302 g/mol. The Morgan fingerprint density at radius 3 is 2.59 bits per heavy atom. The van der Waals surface area contributed by atoms with E-state index in [1.807, 2.05) is 12.1 Å². The molecule has 0 fully saturated rings. The number of rotatable bonds is 1. The molecule has 1 N–H and O–H groups in total. The van der Waals surface area contributed by atoms with Crippen LogP contribution in [0.5, 0.6) is 0 Å². The number of nitrogens with zero attached hydrogens (tertiary/aromatic N) is 1. The highest BCUT2D eigenvalue weighted by atomic mass is 19.2. The van der Waals surface area contributed by atoms with E-state index in [0.29, 0.717) is 18.7 Å². The highest BCUT2D eigenvalue weighted by Gasteiger charge is 2.28. The fraction of sp³-hybridized carbons (Fsp3) is 0.125. The Kier molecular flexibility index (Phi) is 3.58. The Hall–Kier alpha value is -2.76. The lowest BCUT2D eigenvalue weighted by atomic mass is 10.2. The van der Waals surface area contributed by atoms with Gasteiger partial charge in [0.05, 0.1) is 0 Å². The van der Waals surface area contributed by atoms with Crippen LogP contribution in [0.4, 0.5) is 20.2 Å². The topological polar surface area (TPSA) is 49.4 Å². The van der Waals surface area contributed by atoms with E-state index in [0.717, 1.165) is 17.7 Å². The summed E-state index contributed by atoms with van der Waals surface area (Å²) in [7, 11) is 0. The fourth-order valence-electron chi connectivity index (χ4n) is 2.43. The molecular formula is C16H12F2N2O2. The van der Waals surface area contributed by atoms with Gasteiger partial charge in [-0.05, 0) is 30.2 Å². The molecule has 0 spiro atoms. The van der Waals surface area contributed by atoms with Crippen LogP contribution in [0, 0.1) is 11.6 Å². The van der Waals surface area contributed by atoms with Gasteiger partial charge in [0, 0.05) is 24.0 Å². The summed E-state index contributed by atoms with van der Waals surface area (Å²) in [6.45, 7) is 0.420. The smallest absolute Gasteiger partial charge is 0.316 e. The SMILES string of the molecule is O=C(Nc1ccc(F)c(F)c1)C(=O)N1CCc2ccccc21. The molecule has 22 heavy (non-hydrogen) atoms. The van der Waals surface area contributed by atoms with Crippen molar-refractivity contribution in [2.75, 3.05) is 16.8 Å². The standard InChI is InChI=1S/C16H12F2N2O2/c17-12-6-5-11(9-13(12)18)19-15(21)16(22)20-8-7-10-3-1-2-4-14(10)20/h1-6,9H,7-8H2,(H,19,21). The maximum Gasteiger partial charge on any atom is 0.316 e. The largest absolute Gasteiger partial charge is 0.318 e. The van der Waals surface area contributed by atoms with Crippen LogP contribution in [0.15, 0.2) is 42.5 Å². The van der Waals surface area contributed by atoms with Gasteiger partial charge in [-0.1, -0.05) is 18.2 Å². The van der Waals surface area contributed by atoms with Crippen molar-refractivity contribution in [1.82, 2.24) is 0 Å². The van der Waals surface area contributed by atoms with E-state index in [2.05, 4.69) is 5.32 Å². The average Bonchev–Trinajstić information content (AvgIpc) is 2.94. The van der Waals surface area contributed by atoms with Gasteiger partial charge in [-0.15, -0.1) is 0 Å². The van der Waals surface area contributed by atoms with Gasteiger partial charge in [0.1, 0.15) is 0 Å². The summed E-state index contributed by atoms with van der Waals surface area (Å²) in [5.74, 6) is -3.72. The highest BCUT2D eigenvalue weighted by Crippen LogP contribution is 2.27. The Morgan fingerprint density at radius 2 is 1.82 bits per heavy atom.